The number of carbonyl (C=O) groups is 3. The van der Waals surface area contributed by atoms with Gasteiger partial charge in [-0.15, -0.1) is 0 Å². The number of hydrogen-bond donors (Lipinski definition) is 4. The molecule has 13 nitrogen and oxygen atoms in total. The molecule has 0 atom stereocenters. The number of pyridine rings is 1. The zero-order valence-electron chi connectivity index (χ0n) is 25.9. The molecule has 3 amide bonds. The van der Waals surface area contributed by atoms with E-state index >= 15 is 0 Å². The van der Waals surface area contributed by atoms with Crippen molar-refractivity contribution in [1.82, 2.24) is 24.8 Å². The van der Waals surface area contributed by atoms with Crippen LogP contribution in [0.15, 0.2) is 61.1 Å². The van der Waals surface area contributed by atoms with Gasteiger partial charge >= 0.3 is 0 Å². The molecule has 0 fully saturated rings. The number of carbonyl (C=O) groups excluding carboxylic acids is 3. The van der Waals surface area contributed by atoms with Crippen LogP contribution in [0.25, 0.3) is 0 Å². The Morgan fingerprint density at radius 2 is 1.77 bits per heavy atom. The zero-order valence-corrected chi connectivity index (χ0v) is 25.9. The lowest BCUT2D eigenvalue weighted by molar-refractivity contribution is -0.129. The first-order chi connectivity index (χ1) is 21.2. The van der Waals surface area contributed by atoms with Gasteiger partial charge in [-0.3, -0.25) is 19.4 Å². The fraction of sp³-hybridized carbons (Fsp3) is 0.355. The smallest absolute Gasteiger partial charge is 0.260 e. The summed E-state index contributed by atoms with van der Waals surface area (Å²) in [6.07, 6.45) is 9.74. The number of hydrogen-bond acceptors (Lipinski definition) is 10. The van der Waals surface area contributed by atoms with Crippen molar-refractivity contribution in [3.05, 3.63) is 72.2 Å². The molecule has 13 heteroatoms. The largest absolute Gasteiger partial charge is 0.495 e. The first-order valence-electron chi connectivity index (χ1n) is 14.3. The van der Waals surface area contributed by atoms with Gasteiger partial charge in [0.05, 0.1) is 19.3 Å². The number of anilines is 4. The number of amides is 3. The van der Waals surface area contributed by atoms with Gasteiger partial charge in [-0.25, -0.2) is 4.98 Å². The average Bonchev–Trinajstić information content (AvgIpc) is 3.00. The highest BCUT2D eigenvalue weighted by molar-refractivity contribution is 6.08. The normalized spacial score (nSPS) is 10.9. The Bertz CT molecular complexity index is 1430. The van der Waals surface area contributed by atoms with E-state index < -0.39 is 11.8 Å². The van der Waals surface area contributed by atoms with Crippen LogP contribution in [0.4, 0.5) is 23.1 Å². The van der Waals surface area contributed by atoms with E-state index in [9.17, 15) is 14.4 Å². The summed E-state index contributed by atoms with van der Waals surface area (Å²) >= 11 is 0. The molecule has 0 saturated heterocycles. The van der Waals surface area contributed by atoms with Gasteiger partial charge < -0.3 is 35.8 Å². The molecule has 44 heavy (non-hydrogen) atoms. The molecule has 0 bridgehead atoms. The molecule has 4 N–H and O–H groups in total. The summed E-state index contributed by atoms with van der Waals surface area (Å²) in [5, 5.41) is 12.0. The van der Waals surface area contributed by atoms with E-state index in [1.165, 1.54) is 24.3 Å². The lowest BCUT2D eigenvalue weighted by Crippen LogP contribution is -2.34. The Hall–Kier alpha value is -5.04. The molecule has 0 radical (unpaired) electrons. The van der Waals surface area contributed by atoms with Crippen molar-refractivity contribution in [2.24, 2.45) is 0 Å². The zero-order chi connectivity index (χ0) is 31.9. The predicted octanol–water partition coefficient (Wildman–Crippen LogP) is 3.12. The van der Waals surface area contributed by atoms with E-state index in [4.69, 9.17) is 4.74 Å². The Morgan fingerprint density at radius 3 is 2.48 bits per heavy atom. The molecule has 3 aromatic rings. The van der Waals surface area contributed by atoms with Crippen LogP contribution in [0.2, 0.25) is 0 Å². The van der Waals surface area contributed by atoms with Crippen LogP contribution in [0.3, 0.4) is 0 Å². The maximum Gasteiger partial charge on any atom is 0.260 e. The molecule has 0 aliphatic heterocycles. The molecule has 0 spiro atoms. The standard InChI is InChI=1S/C31H41N9O4/c1-6-14-33-29-24(20-35-31(38-29)34-17-13-22-11-15-32-16-12-22)30(43)36-23-9-10-26(44-5)25(19-23)37-27(41)21-40(4)28(42)8-7-18-39(2)3/h7-12,15-16,19-20H,6,13-14,17-18,21H2,1-5H3,(H,36,43)(H,37,41)(H2,33,34,35,38). The third kappa shape index (κ3) is 10.7. The molecule has 2 heterocycles. The van der Waals surface area contributed by atoms with E-state index in [-0.39, 0.29) is 18.0 Å². The van der Waals surface area contributed by atoms with Crippen molar-refractivity contribution >= 4 is 40.9 Å². The van der Waals surface area contributed by atoms with Crippen LogP contribution in [-0.4, -0.2) is 96.9 Å². The summed E-state index contributed by atoms with van der Waals surface area (Å²) in [5.41, 5.74) is 2.16. The number of methoxy groups -OCH3 is 1. The molecule has 0 aliphatic carbocycles. The minimum atomic E-state index is -0.427. The van der Waals surface area contributed by atoms with Crippen molar-refractivity contribution in [1.29, 1.82) is 0 Å². The molecular formula is C31H41N9O4. The van der Waals surface area contributed by atoms with E-state index in [1.807, 2.05) is 38.1 Å². The minimum absolute atomic E-state index is 0.169. The maximum absolute atomic E-state index is 13.3. The molecule has 2 aromatic heterocycles. The predicted molar refractivity (Wildman–Crippen MR) is 172 cm³/mol. The average molecular weight is 604 g/mol. The van der Waals surface area contributed by atoms with Gasteiger partial charge in [0.25, 0.3) is 5.91 Å². The lowest BCUT2D eigenvalue weighted by atomic mass is 10.2. The highest BCUT2D eigenvalue weighted by Gasteiger charge is 2.17. The molecule has 234 valence electrons. The van der Waals surface area contributed by atoms with Crippen LogP contribution < -0.4 is 26.0 Å². The summed E-state index contributed by atoms with van der Waals surface area (Å²) in [4.78, 5) is 54.5. The second-order valence-corrected chi connectivity index (χ2v) is 10.2. The lowest BCUT2D eigenvalue weighted by Gasteiger charge is -2.17. The van der Waals surface area contributed by atoms with Crippen molar-refractivity contribution in [2.45, 2.75) is 19.8 Å². The Balaban J connectivity index is 1.68. The number of ether oxygens (including phenoxy) is 1. The molecule has 1 aromatic carbocycles. The molecule has 0 aliphatic rings. The molecular weight excluding hydrogens is 562 g/mol. The van der Waals surface area contributed by atoms with Gasteiger partial charge in [0.2, 0.25) is 17.8 Å². The third-order valence-corrected chi connectivity index (χ3v) is 6.24. The highest BCUT2D eigenvalue weighted by Crippen LogP contribution is 2.28. The minimum Gasteiger partial charge on any atom is -0.495 e. The van der Waals surface area contributed by atoms with E-state index in [1.54, 1.807) is 43.7 Å². The van der Waals surface area contributed by atoms with Gasteiger partial charge in [0.1, 0.15) is 17.1 Å². The van der Waals surface area contributed by atoms with E-state index in [0.717, 1.165) is 18.4 Å². The molecule has 3 rings (SSSR count). The fourth-order valence-corrected chi connectivity index (χ4v) is 3.94. The number of nitrogens with one attached hydrogen (secondary N) is 4. The van der Waals surface area contributed by atoms with Gasteiger partial charge in [-0.05, 0) is 62.8 Å². The van der Waals surface area contributed by atoms with Crippen LogP contribution in [0.1, 0.15) is 29.3 Å². The molecule has 0 unspecified atom stereocenters. The summed E-state index contributed by atoms with van der Waals surface area (Å²) < 4.78 is 5.39. The van der Waals surface area contributed by atoms with E-state index in [2.05, 4.69) is 36.2 Å². The van der Waals surface area contributed by atoms with Crippen LogP contribution in [-0.2, 0) is 16.0 Å². The van der Waals surface area contributed by atoms with Crippen molar-refractivity contribution in [3.63, 3.8) is 0 Å². The first-order valence-corrected chi connectivity index (χ1v) is 14.3. The van der Waals surface area contributed by atoms with Crippen molar-refractivity contribution in [3.8, 4) is 5.75 Å². The quantitative estimate of drug-likeness (QED) is 0.180. The summed E-state index contributed by atoms with van der Waals surface area (Å²) in [7, 11) is 6.81. The number of rotatable bonds is 16. The van der Waals surface area contributed by atoms with Crippen LogP contribution in [0, 0.1) is 0 Å². The number of nitrogens with zero attached hydrogens (tertiary/aromatic N) is 5. The molecule has 0 saturated carbocycles. The van der Waals surface area contributed by atoms with E-state index in [0.29, 0.717) is 48.5 Å². The summed E-state index contributed by atoms with van der Waals surface area (Å²) in [5.74, 6) is 0.0615. The fourth-order valence-electron chi connectivity index (χ4n) is 3.94. The summed E-state index contributed by atoms with van der Waals surface area (Å²) in [6, 6.07) is 8.78. The van der Waals surface area contributed by atoms with Crippen molar-refractivity contribution in [2.75, 3.05) is 75.7 Å². The number of benzene rings is 1. The van der Waals surface area contributed by atoms with Crippen molar-refractivity contribution < 1.29 is 19.1 Å². The van der Waals surface area contributed by atoms with Gasteiger partial charge in [-0.1, -0.05) is 13.0 Å². The topological polar surface area (TPSA) is 154 Å². The highest BCUT2D eigenvalue weighted by atomic mass is 16.5. The Kier molecular flexibility index (Phi) is 13.1. The number of aromatic nitrogens is 3. The van der Waals surface area contributed by atoms with Crippen LogP contribution in [0.5, 0.6) is 5.75 Å². The second kappa shape index (κ2) is 17.2. The second-order valence-electron chi connectivity index (χ2n) is 10.2. The van der Waals surface area contributed by atoms with Gasteiger partial charge in [0.15, 0.2) is 0 Å². The number of likely N-dealkylation sites (N-methyl/N-ethyl adjacent to an activating group) is 2. The third-order valence-electron chi connectivity index (χ3n) is 6.24. The van der Waals surface area contributed by atoms with Gasteiger partial charge in [-0.2, -0.15) is 4.98 Å². The Morgan fingerprint density at radius 1 is 1.00 bits per heavy atom. The monoisotopic (exact) mass is 603 g/mol. The maximum atomic E-state index is 13.3. The Labute approximate surface area is 258 Å². The SMILES string of the molecule is CCCNc1nc(NCCc2ccncc2)ncc1C(=O)Nc1ccc(OC)c(NC(=O)CN(C)C(=O)C=CCN(C)C)c1. The van der Waals surface area contributed by atoms with Gasteiger partial charge in [0, 0.05) is 57.0 Å². The summed E-state index contributed by atoms with van der Waals surface area (Å²) in [6.45, 7) is 3.69. The van der Waals surface area contributed by atoms with Crippen LogP contribution >= 0.6 is 0 Å². The first kappa shape index (κ1) is 33.5.